The van der Waals surface area contributed by atoms with Crippen LogP contribution in [-0.4, -0.2) is 41.3 Å². The molecule has 86 valence electrons. The van der Waals surface area contributed by atoms with E-state index in [0.717, 1.165) is 25.9 Å². The highest BCUT2D eigenvalue weighted by Gasteiger charge is 2.23. The second kappa shape index (κ2) is 6.15. The van der Waals surface area contributed by atoms with Crippen LogP contribution in [0.15, 0.2) is 0 Å². The lowest BCUT2D eigenvalue weighted by molar-refractivity contribution is -0.114. The lowest BCUT2D eigenvalue weighted by atomic mass is 10.1. The van der Waals surface area contributed by atoms with Gasteiger partial charge in [0.1, 0.15) is 4.99 Å². The number of thiocarbonyl (C=S) groups is 1. The third-order valence-electron chi connectivity index (χ3n) is 2.67. The summed E-state index contributed by atoms with van der Waals surface area (Å²) < 4.78 is 0. The summed E-state index contributed by atoms with van der Waals surface area (Å²) in [6, 6.07) is -0.524. The van der Waals surface area contributed by atoms with Gasteiger partial charge < -0.3 is 16.4 Å². The van der Waals surface area contributed by atoms with Crippen LogP contribution >= 0.6 is 12.2 Å². The second-order valence-electron chi connectivity index (χ2n) is 3.90. The fraction of sp³-hybridized carbons (Fsp3) is 0.800. The Balaban J connectivity index is 2.47. The van der Waals surface area contributed by atoms with E-state index in [2.05, 4.69) is 0 Å². The number of nitrogens with two attached hydrogens (primary N) is 2. The van der Waals surface area contributed by atoms with E-state index in [1.54, 1.807) is 0 Å². The number of likely N-dealkylation sites (tertiary alicyclic amines) is 1. The first-order valence-electron chi connectivity index (χ1n) is 5.45. The van der Waals surface area contributed by atoms with Crippen LogP contribution in [0.5, 0.6) is 0 Å². The monoisotopic (exact) mass is 229 g/mol. The number of rotatable bonds is 4. The number of piperidine rings is 1. The van der Waals surface area contributed by atoms with Crippen molar-refractivity contribution in [1.29, 1.82) is 0 Å². The normalized spacial score (nSPS) is 18.7. The fourth-order valence-electron chi connectivity index (χ4n) is 1.72. The molecule has 0 radical (unpaired) electrons. The average Bonchev–Trinajstić information content (AvgIpc) is 2.28. The predicted molar refractivity (Wildman–Crippen MR) is 64.7 cm³/mol. The van der Waals surface area contributed by atoms with Gasteiger partial charge in [-0.25, -0.2) is 0 Å². The van der Waals surface area contributed by atoms with Crippen LogP contribution in [0, 0.1) is 0 Å². The van der Waals surface area contributed by atoms with Gasteiger partial charge in [0.05, 0.1) is 6.04 Å². The van der Waals surface area contributed by atoms with Crippen molar-refractivity contribution in [2.24, 2.45) is 11.5 Å². The van der Waals surface area contributed by atoms with Crippen molar-refractivity contribution in [3.05, 3.63) is 0 Å². The Labute approximate surface area is 96.0 Å². The molecule has 0 saturated carbocycles. The molecule has 1 aliphatic rings. The van der Waals surface area contributed by atoms with Crippen LogP contribution in [0.25, 0.3) is 0 Å². The SMILES string of the molecule is NCC[C@H](N)C(=O)C(=S)N1CCCCC1. The molecule has 5 heteroatoms. The molecule has 4 nitrogen and oxygen atoms in total. The van der Waals surface area contributed by atoms with Crippen LogP contribution < -0.4 is 11.5 Å². The summed E-state index contributed by atoms with van der Waals surface area (Å²) in [5, 5.41) is 0. The van der Waals surface area contributed by atoms with Crippen molar-refractivity contribution in [1.82, 2.24) is 4.90 Å². The second-order valence-corrected chi connectivity index (χ2v) is 4.29. The highest BCUT2D eigenvalue weighted by Crippen LogP contribution is 2.10. The average molecular weight is 229 g/mol. The molecule has 1 aliphatic heterocycles. The molecule has 1 atom stereocenters. The number of carbonyl (C=O) groups is 1. The Morgan fingerprint density at radius 2 is 1.93 bits per heavy atom. The minimum Gasteiger partial charge on any atom is -0.360 e. The van der Waals surface area contributed by atoms with Crippen molar-refractivity contribution in [3.8, 4) is 0 Å². The van der Waals surface area contributed by atoms with Gasteiger partial charge >= 0.3 is 0 Å². The summed E-state index contributed by atoms with van der Waals surface area (Å²) in [7, 11) is 0. The Morgan fingerprint density at radius 1 is 1.33 bits per heavy atom. The number of carbonyl (C=O) groups excluding carboxylic acids is 1. The summed E-state index contributed by atoms with van der Waals surface area (Å²) in [6.07, 6.45) is 3.95. The van der Waals surface area contributed by atoms with Crippen LogP contribution in [0.4, 0.5) is 0 Å². The van der Waals surface area contributed by atoms with Crippen molar-refractivity contribution in [2.45, 2.75) is 31.7 Å². The molecule has 0 spiro atoms. The van der Waals surface area contributed by atoms with Crippen molar-refractivity contribution < 1.29 is 4.79 Å². The molecular weight excluding hydrogens is 210 g/mol. The lowest BCUT2D eigenvalue weighted by Crippen LogP contribution is -2.46. The van der Waals surface area contributed by atoms with E-state index in [4.69, 9.17) is 23.7 Å². The van der Waals surface area contributed by atoms with E-state index in [-0.39, 0.29) is 5.78 Å². The van der Waals surface area contributed by atoms with Crippen LogP contribution in [0.1, 0.15) is 25.7 Å². The van der Waals surface area contributed by atoms with Gasteiger partial charge in [0.2, 0.25) is 5.78 Å². The first-order valence-corrected chi connectivity index (χ1v) is 5.86. The van der Waals surface area contributed by atoms with E-state index in [0.29, 0.717) is 18.0 Å². The molecule has 0 unspecified atom stereocenters. The Hall–Kier alpha value is -0.520. The molecule has 1 saturated heterocycles. The number of nitrogens with zero attached hydrogens (tertiary/aromatic N) is 1. The minimum atomic E-state index is -0.524. The highest BCUT2D eigenvalue weighted by molar-refractivity contribution is 7.82. The molecule has 0 aromatic heterocycles. The summed E-state index contributed by atoms with van der Waals surface area (Å²) >= 11 is 5.14. The van der Waals surface area contributed by atoms with Crippen molar-refractivity contribution in [3.63, 3.8) is 0 Å². The van der Waals surface area contributed by atoms with Gasteiger partial charge in [0, 0.05) is 13.1 Å². The molecule has 1 rings (SSSR count). The van der Waals surface area contributed by atoms with Gasteiger partial charge in [0.15, 0.2) is 0 Å². The maximum absolute atomic E-state index is 11.8. The molecular formula is C10H19N3OS. The fourth-order valence-corrected chi connectivity index (χ4v) is 2.06. The summed E-state index contributed by atoms with van der Waals surface area (Å²) in [5.74, 6) is -0.127. The summed E-state index contributed by atoms with van der Waals surface area (Å²) in [6.45, 7) is 2.20. The minimum absolute atomic E-state index is 0.127. The van der Waals surface area contributed by atoms with Crippen LogP contribution in [-0.2, 0) is 4.79 Å². The molecule has 0 aromatic rings. The van der Waals surface area contributed by atoms with E-state index in [9.17, 15) is 4.79 Å². The van der Waals surface area contributed by atoms with Gasteiger partial charge in [-0.3, -0.25) is 4.79 Å². The zero-order valence-electron chi connectivity index (χ0n) is 8.95. The third kappa shape index (κ3) is 3.52. The Kier molecular flexibility index (Phi) is 5.14. The summed E-state index contributed by atoms with van der Waals surface area (Å²) in [4.78, 5) is 14.1. The first-order chi connectivity index (χ1) is 7.16. The standard InChI is InChI=1S/C10H19N3OS/c11-5-4-8(12)9(14)10(15)13-6-2-1-3-7-13/h8H,1-7,11-12H2/t8-/m0/s1. The topological polar surface area (TPSA) is 72.3 Å². The van der Waals surface area contributed by atoms with E-state index in [1.165, 1.54) is 6.42 Å². The van der Waals surface area contributed by atoms with E-state index < -0.39 is 6.04 Å². The van der Waals surface area contributed by atoms with Crippen LogP contribution in [0.3, 0.4) is 0 Å². The first kappa shape index (κ1) is 12.5. The maximum Gasteiger partial charge on any atom is 0.206 e. The molecule has 0 amide bonds. The smallest absolute Gasteiger partial charge is 0.206 e. The maximum atomic E-state index is 11.8. The molecule has 0 aliphatic carbocycles. The zero-order chi connectivity index (χ0) is 11.3. The number of ketones is 1. The van der Waals surface area contributed by atoms with E-state index in [1.807, 2.05) is 4.90 Å². The molecule has 4 N–H and O–H groups in total. The van der Waals surface area contributed by atoms with Gasteiger partial charge in [-0.05, 0) is 32.2 Å². The van der Waals surface area contributed by atoms with Crippen molar-refractivity contribution in [2.75, 3.05) is 19.6 Å². The largest absolute Gasteiger partial charge is 0.360 e. The number of hydrogen-bond acceptors (Lipinski definition) is 4. The molecule has 1 fully saturated rings. The van der Waals surface area contributed by atoms with Crippen molar-refractivity contribution >= 4 is 23.0 Å². The Morgan fingerprint density at radius 3 is 2.47 bits per heavy atom. The predicted octanol–water partition coefficient (Wildman–Crippen LogP) is 0.0449. The highest BCUT2D eigenvalue weighted by atomic mass is 32.1. The summed E-state index contributed by atoms with van der Waals surface area (Å²) in [5.41, 5.74) is 11.0. The molecule has 0 bridgehead atoms. The zero-order valence-corrected chi connectivity index (χ0v) is 9.76. The quantitative estimate of drug-likeness (QED) is 0.666. The lowest BCUT2D eigenvalue weighted by Gasteiger charge is -2.29. The van der Waals surface area contributed by atoms with Crippen LogP contribution in [0.2, 0.25) is 0 Å². The van der Waals surface area contributed by atoms with E-state index >= 15 is 0 Å². The number of Topliss-reactive ketones (excluding diaryl/α,β-unsaturated/α-hetero) is 1. The number of hydrogen-bond donors (Lipinski definition) is 2. The molecule has 0 aromatic carbocycles. The van der Waals surface area contributed by atoms with Gasteiger partial charge in [-0.2, -0.15) is 0 Å². The third-order valence-corrected chi connectivity index (χ3v) is 3.13. The van der Waals surface area contributed by atoms with Gasteiger partial charge in [-0.1, -0.05) is 12.2 Å². The van der Waals surface area contributed by atoms with Gasteiger partial charge in [-0.15, -0.1) is 0 Å². The Bertz CT molecular complexity index is 239. The molecule has 1 heterocycles. The molecule has 15 heavy (non-hydrogen) atoms. The van der Waals surface area contributed by atoms with Gasteiger partial charge in [0.25, 0.3) is 0 Å².